The lowest BCUT2D eigenvalue weighted by molar-refractivity contribution is 0.772. The molecule has 0 aromatic rings. The van der Waals surface area contributed by atoms with Gasteiger partial charge >= 0.3 is 0 Å². The lowest BCUT2D eigenvalue weighted by Gasteiger charge is -1.79. The van der Waals surface area contributed by atoms with Gasteiger partial charge in [-0.25, -0.2) is 0 Å². The van der Waals surface area contributed by atoms with Crippen molar-refractivity contribution in [2.75, 3.05) is 0 Å². The van der Waals surface area contributed by atoms with Crippen LogP contribution in [0.15, 0.2) is 0 Å². The predicted molar refractivity (Wildman–Crippen MR) is 68.1 cm³/mol. The Bertz CT molecular complexity index is 7.51. The van der Waals surface area contributed by atoms with Gasteiger partial charge in [0.15, 0.2) is 0 Å². The highest BCUT2D eigenvalue weighted by Gasteiger charge is 1.68. The average Bonchev–Trinajstić information content (AvgIpc) is 1.98. The van der Waals surface area contributed by atoms with Crippen LogP contribution in [0.3, 0.4) is 0 Å². The monoisotopic (exact) mass is 180 g/mol. The lowest BCUT2D eigenvalue weighted by atomic mass is 10.3. The van der Waals surface area contributed by atoms with Gasteiger partial charge in [0.25, 0.3) is 0 Å². The van der Waals surface area contributed by atoms with Crippen LogP contribution in [0.25, 0.3) is 0 Å². The molecule has 0 aliphatic rings. The zero-order valence-corrected chi connectivity index (χ0v) is 8.12. The summed E-state index contributed by atoms with van der Waals surface area (Å²) in [6.07, 6.45) is 4.08. The summed E-state index contributed by atoms with van der Waals surface area (Å²) in [5, 5.41) is 0. The molecule has 0 atom stereocenters. The third-order valence-corrected chi connectivity index (χ3v) is 0.707. The molecule has 0 radical (unpaired) electrons. The molecular formula is C12H36. The number of unbranched alkanes of at least 4 members (excludes halogenated alkanes) is 2. The van der Waals surface area contributed by atoms with Crippen molar-refractivity contribution in [3.8, 4) is 0 Å². The number of hydrogen-bond acceptors (Lipinski definition) is 0. The van der Waals surface area contributed by atoms with E-state index in [1.807, 2.05) is 27.7 Å². The maximum absolute atomic E-state index is 2.21. The SMILES string of the molecule is C.C.C.CC.CC.CCCCC. The van der Waals surface area contributed by atoms with Gasteiger partial charge < -0.3 is 0 Å². The largest absolute Gasteiger partial charge is 0.0776 e. The van der Waals surface area contributed by atoms with Gasteiger partial charge in [-0.3, -0.25) is 0 Å². The molecule has 0 amide bonds. The van der Waals surface area contributed by atoms with E-state index < -0.39 is 0 Å². The Morgan fingerprint density at radius 3 is 0.750 bits per heavy atom. The predicted octanol–water partition coefficient (Wildman–Crippen LogP) is 6.16. The Balaban J connectivity index is -0.0000000116. The fourth-order valence-corrected chi connectivity index (χ4v) is 0.354. The zero-order chi connectivity index (χ0) is 8.12. The molecule has 0 aromatic heterocycles. The third-order valence-electron chi connectivity index (χ3n) is 0.707. The van der Waals surface area contributed by atoms with Gasteiger partial charge in [-0.1, -0.05) is 83.1 Å². The lowest BCUT2D eigenvalue weighted by Crippen LogP contribution is -1.59. The van der Waals surface area contributed by atoms with Gasteiger partial charge in [-0.05, 0) is 0 Å². The first-order valence-electron chi connectivity index (χ1n) is 4.41. The van der Waals surface area contributed by atoms with Gasteiger partial charge in [-0.15, -0.1) is 0 Å². The van der Waals surface area contributed by atoms with E-state index in [4.69, 9.17) is 0 Å². The summed E-state index contributed by atoms with van der Waals surface area (Å²) < 4.78 is 0. The van der Waals surface area contributed by atoms with Crippen molar-refractivity contribution in [2.24, 2.45) is 0 Å². The fraction of sp³-hybridized carbons (Fsp3) is 1.00. The molecule has 0 spiro atoms. The summed E-state index contributed by atoms with van der Waals surface area (Å²) in [4.78, 5) is 0. The van der Waals surface area contributed by atoms with Gasteiger partial charge in [-0.2, -0.15) is 0 Å². The molecule has 0 heterocycles. The molecule has 0 aliphatic carbocycles. The Kier molecular flexibility index (Phi) is 411. The van der Waals surface area contributed by atoms with E-state index in [9.17, 15) is 0 Å². The first-order valence-corrected chi connectivity index (χ1v) is 4.41. The van der Waals surface area contributed by atoms with Gasteiger partial charge in [0.2, 0.25) is 0 Å². The van der Waals surface area contributed by atoms with Crippen LogP contribution in [-0.4, -0.2) is 0 Å². The van der Waals surface area contributed by atoms with Crippen molar-refractivity contribution in [1.29, 1.82) is 0 Å². The van der Waals surface area contributed by atoms with E-state index in [1.54, 1.807) is 0 Å². The second-order valence-corrected chi connectivity index (χ2v) is 1.35. The van der Waals surface area contributed by atoms with E-state index in [0.717, 1.165) is 0 Å². The minimum Gasteiger partial charge on any atom is -0.0776 e. The minimum absolute atomic E-state index is 0. The first-order chi connectivity index (χ1) is 4.41. The van der Waals surface area contributed by atoms with Crippen LogP contribution < -0.4 is 0 Å². The molecule has 0 rings (SSSR count). The second-order valence-electron chi connectivity index (χ2n) is 1.35. The van der Waals surface area contributed by atoms with Gasteiger partial charge in [0, 0.05) is 0 Å². The highest BCUT2D eigenvalue weighted by molar-refractivity contribution is 4.24. The summed E-state index contributed by atoms with van der Waals surface area (Å²) in [5.74, 6) is 0. The smallest absolute Gasteiger partial charge is 0.0538 e. The van der Waals surface area contributed by atoms with Crippen LogP contribution >= 0.6 is 0 Å². The molecule has 0 N–H and O–H groups in total. The quantitative estimate of drug-likeness (QED) is 0.477. The molecular weight excluding hydrogens is 144 g/mol. The number of hydrogen-bond donors (Lipinski definition) is 0. The van der Waals surface area contributed by atoms with Crippen LogP contribution in [0.1, 0.15) is 83.1 Å². The molecule has 0 saturated heterocycles. The zero-order valence-electron chi connectivity index (χ0n) is 8.12. The van der Waals surface area contributed by atoms with E-state index in [0.29, 0.717) is 0 Å². The van der Waals surface area contributed by atoms with Crippen LogP contribution in [-0.2, 0) is 0 Å². The van der Waals surface area contributed by atoms with Crippen molar-refractivity contribution in [1.82, 2.24) is 0 Å². The summed E-state index contributed by atoms with van der Waals surface area (Å²) in [6, 6.07) is 0. The third kappa shape index (κ3) is 202. The van der Waals surface area contributed by atoms with Gasteiger partial charge in [0.05, 0.1) is 0 Å². The van der Waals surface area contributed by atoms with Crippen LogP contribution in [0.2, 0.25) is 0 Å². The Morgan fingerprint density at radius 2 is 0.750 bits per heavy atom. The van der Waals surface area contributed by atoms with E-state index in [-0.39, 0.29) is 22.3 Å². The van der Waals surface area contributed by atoms with Crippen molar-refractivity contribution in [3.05, 3.63) is 0 Å². The minimum atomic E-state index is 0. The maximum Gasteiger partial charge on any atom is -0.0538 e. The van der Waals surface area contributed by atoms with Crippen LogP contribution in [0.4, 0.5) is 0 Å². The van der Waals surface area contributed by atoms with E-state index >= 15 is 0 Å². The molecule has 0 heteroatoms. The number of rotatable bonds is 2. The highest BCUT2D eigenvalue weighted by Crippen LogP contribution is 1.88. The molecule has 0 bridgehead atoms. The average molecular weight is 180 g/mol. The molecule has 0 unspecified atom stereocenters. The molecule has 0 aromatic carbocycles. The molecule has 12 heavy (non-hydrogen) atoms. The summed E-state index contributed by atoms with van der Waals surface area (Å²) >= 11 is 0. The Hall–Kier alpha value is 0. The molecule has 0 fully saturated rings. The van der Waals surface area contributed by atoms with Crippen LogP contribution in [0, 0.1) is 0 Å². The van der Waals surface area contributed by atoms with Crippen LogP contribution in [0.5, 0.6) is 0 Å². The topological polar surface area (TPSA) is 0 Å². The summed E-state index contributed by atoms with van der Waals surface area (Å²) in [6.45, 7) is 12.4. The highest BCUT2D eigenvalue weighted by atomic mass is 13.7. The summed E-state index contributed by atoms with van der Waals surface area (Å²) in [5.41, 5.74) is 0. The molecule has 84 valence electrons. The standard InChI is InChI=1S/C5H12.2C2H6.3CH4/c1-3-5-4-2;2*1-2;;;/h3-5H2,1-2H3;2*1-2H3;3*1H4. The van der Waals surface area contributed by atoms with Crippen molar-refractivity contribution in [2.45, 2.75) is 83.1 Å². The Labute approximate surface area is 83.8 Å². The maximum atomic E-state index is 2.21. The molecule has 0 saturated carbocycles. The van der Waals surface area contributed by atoms with E-state index in [1.165, 1.54) is 19.3 Å². The summed E-state index contributed by atoms with van der Waals surface area (Å²) in [7, 11) is 0. The fourth-order valence-electron chi connectivity index (χ4n) is 0.354. The first kappa shape index (κ1) is 40.3. The van der Waals surface area contributed by atoms with Crippen molar-refractivity contribution in [3.63, 3.8) is 0 Å². The van der Waals surface area contributed by atoms with Crippen molar-refractivity contribution < 1.29 is 0 Å². The molecule has 0 aliphatic heterocycles. The van der Waals surface area contributed by atoms with Gasteiger partial charge in [0.1, 0.15) is 0 Å². The molecule has 0 nitrogen and oxygen atoms in total. The second kappa shape index (κ2) is 122. The van der Waals surface area contributed by atoms with E-state index in [2.05, 4.69) is 13.8 Å². The Morgan fingerprint density at radius 1 is 0.583 bits per heavy atom. The normalized spacial score (nSPS) is 4.50. The van der Waals surface area contributed by atoms with Crippen molar-refractivity contribution >= 4 is 0 Å².